The second-order valence-electron chi connectivity index (χ2n) is 6.70. The molecule has 2 aromatic heterocycles. The third-order valence-corrected chi connectivity index (χ3v) is 4.57. The largest absolute Gasteiger partial charge is 0.350 e. The van der Waals surface area contributed by atoms with E-state index in [1.54, 1.807) is 0 Å². The van der Waals surface area contributed by atoms with Crippen LogP contribution >= 0.6 is 0 Å². The molecule has 2 heterocycles. The van der Waals surface area contributed by atoms with Crippen LogP contribution < -0.4 is 16.6 Å². The molecule has 0 saturated carbocycles. The average molecular weight is 389 g/mol. The Hall–Kier alpha value is -3.94. The minimum absolute atomic E-state index is 0.156. The highest BCUT2D eigenvalue weighted by Gasteiger charge is 2.06. The topological polar surface area (TPSA) is 102 Å². The van der Waals surface area contributed by atoms with Gasteiger partial charge >= 0.3 is 5.69 Å². The van der Waals surface area contributed by atoms with E-state index < -0.39 is 11.2 Å². The smallest absolute Gasteiger partial charge is 0.328 e. The normalized spacial score (nSPS) is 10.9. The van der Waals surface area contributed by atoms with Crippen molar-refractivity contribution in [2.24, 2.45) is 0 Å². The van der Waals surface area contributed by atoms with Gasteiger partial charge in [0.25, 0.3) is 5.56 Å². The molecule has 0 spiro atoms. The van der Waals surface area contributed by atoms with Crippen LogP contribution in [0.2, 0.25) is 0 Å². The van der Waals surface area contributed by atoms with E-state index >= 15 is 0 Å². The first-order valence-electron chi connectivity index (χ1n) is 9.13. The molecule has 0 atom stereocenters. The van der Waals surface area contributed by atoms with Crippen LogP contribution in [0.3, 0.4) is 0 Å². The molecule has 0 fully saturated rings. The van der Waals surface area contributed by atoms with E-state index in [0.29, 0.717) is 13.1 Å². The van der Waals surface area contributed by atoms with Crippen LogP contribution in [0.25, 0.3) is 11.0 Å². The minimum Gasteiger partial charge on any atom is -0.350 e. The van der Waals surface area contributed by atoms with Gasteiger partial charge in [-0.25, -0.2) is 9.78 Å². The highest BCUT2D eigenvalue weighted by Crippen LogP contribution is 2.14. The maximum absolute atomic E-state index is 12.1. The van der Waals surface area contributed by atoms with E-state index in [0.717, 1.165) is 26.7 Å². The Morgan fingerprint density at radius 2 is 1.83 bits per heavy atom. The van der Waals surface area contributed by atoms with Crippen LogP contribution in [0.4, 0.5) is 0 Å². The van der Waals surface area contributed by atoms with Gasteiger partial charge in [-0.1, -0.05) is 36.4 Å². The van der Waals surface area contributed by atoms with Crippen molar-refractivity contribution in [2.45, 2.75) is 19.6 Å². The van der Waals surface area contributed by atoms with Crippen LogP contribution in [0, 0.1) is 0 Å². The molecule has 2 aromatic carbocycles. The molecule has 0 radical (unpaired) electrons. The second kappa shape index (κ2) is 7.97. The molecule has 0 unspecified atom stereocenters. The van der Waals surface area contributed by atoms with Gasteiger partial charge in [-0.05, 0) is 23.3 Å². The van der Waals surface area contributed by atoms with E-state index in [1.807, 2.05) is 54.9 Å². The SMILES string of the molecule is O=C(Cn1ccc(=O)[nH]c1=O)NCc1cccc(Cn2cnc3ccccc32)c1. The molecule has 8 nitrogen and oxygen atoms in total. The lowest BCUT2D eigenvalue weighted by Gasteiger charge is -2.09. The number of rotatable bonds is 6. The summed E-state index contributed by atoms with van der Waals surface area (Å²) in [6.07, 6.45) is 3.12. The Labute approximate surface area is 165 Å². The van der Waals surface area contributed by atoms with E-state index in [1.165, 1.54) is 12.3 Å². The summed E-state index contributed by atoms with van der Waals surface area (Å²) in [5.41, 5.74) is 2.97. The first-order valence-corrected chi connectivity index (χ1v) is 9.13. The molecule has 29 heavy (non-hydrogen) atoms. The van der Waals surface area contributed by atoms with Gasteiger partial charge in [0, 0.05) is 25.4 Å². The van der Waals surface area contributed by atoms with E-state index in [4.69, 9.17) is 0 Å². The number of benzene rings is 2. The second-order valence-corrected chi connectivity index (χ2v) is 6.70. The summed E-state index contributed by atoms with van der Waals surface area (Å²) in [5, 5.41) is 2.80. The number of imidazole rings is 1. The molecule has 0 aliphatic carbocycles. The number of carbonyl (C=O) groups is 1. The average Bonchev–Trinajstić information content (AvgIpc) is 3.12. The van der Waals surface area contributed by atoms with Crippen LogP contribution in [0.15, 0.2) is 76.7 Å². The highest BCUT2D eigenvalue weighted by molar-refractivity contribution is 5.76. The quantitative estimate of drug-likeness (QED) is 0.518. The molecule has 4 aromatic rings. The molecule has 4 rings (SSSR count). The Bertz CT molecular complexity index is 1280. The summed E-state index contributed by atoms with van der Waals surface area (Å²) >= 11 is 0. The zero-order valence-electron chi connectivity index (χ0n) is 15.5. The van der Waals surface area contributed by atoms with Crippen molar-refractivity contribution in [3.8, 4) is 0 Å². The maximum Gasteiger partial charge on any atom is 0.328 e. The van der Waals surface area contributed by atoms with Crippen LogP contribution in [0.1, 0.15) is 11.1 Å². The van der Waals surface area contributed by atoms with Crippen molar-refractivity contribution in [3.63, 3.8) is 0 Å². The summed E-state index contributed by atoms with van der Waals surface area (Å²) in [6.45, 7) is 0.862. The standard InChI is InChI=1S/C21H19N5O3/c27-19-8-9-25(21(29)24-19)13-20(28)22-11-15-4-3-5-16(10-15)12-26-14-23-17-6-1-2-7-18(17)26/h1-10,14H,11-13H2,(H,22,28)(H,24,27,29). The Morgan fingerprint density at radius 3 is 2.69 bits per heavy atom. The minimum atomic E-state index is -0.609. The van der Waals surface area contributed by atoms with E-state index in [2.05, 4.69) is 19.9 Å². The number of fused-ring (bicyclic) bond motifs is 1. The van der Waals surface area contributed by atoms with Crippen molar-refractivity contribution in [2.75, 3.05) is 0 Å². The summed E-state index contributed by atoms with van der Waals surface area (Å²) in [4.78, 5) is 41.4. The summed E-state index contributed by atoms with van der Waals surface area (Å²) in [6, 6.07) is 17.1. The van der Waals surface area contributed by atoms with Gasteiger partial charge in [0.2, 0.25) is 5.91 Å². The monoisotopic (exact) mass is 389 g/mol. The van der Waals surface area contributed by atoms with Crippen LogP contribution in [-0.2, 0) is 24.4 Å². The van der Waals surface area contributed by atoms with Gasteiger partial charge in [0.05, 0.1) is 17.4 Å². The third kappa shape index (κ3) is 4.32. The fourth-order valence-corrected chi connectivity index (χ4v) is 3.15. The number of aromatic nitrogens is 4. The predicted octanol–water partition coefficient (Wildman–Crippen LogP) is 1.25. The van der Waals surface area contributed by atoms with Crippen molar-refractivity contribution in [1.82, 2.24) is 24.4 Å². The lowest BCUT2D eigenvalue weighted by atomic mass is 10.1. The van der Waals surface area contributed by atoms with E-state index in [-0.39, 0.29) is 12.5 Å². The van der Waals surface area contributed by atoms with Crippen molar-refractivity contribution >= 4 is 16.9 Å². The zero-order chi connectivity index (χ0) is 20.2. The molecule has 0 aliphatic heterocycles. The first-order chi connectivity index (χ1) is 14.1. The number of carbonyl (C=O) groups excluding carboxylic acids is 1. The Kier molecular flexibility index (Phi) is 5.07. The maximum atomic E-state index is 12.1. The molecule has 0 aliphatic rings. The fraction of sp³-hybridized carbons (Fsp3) is 0.143. The Morgan fingerprint density at radius 1 is 1.00 bits per heavy atom. The van der Waals surface area contributed by atoms with Gasteiger partial charge in [0.15, 0.2) is 0 Å². The first kappa shape index (κ1) is 18.4. The number of nitrogens with one attached hydrogen (secondary N) is 2. The van der Waals surface area contributed by atoms with Crippen molar-refractivity contribution in [1.29, 1.82) is 0 Å². The number of nitrogens with zero attached hydrogens (tertiary/aromatic N) is 3. The fourth-order valence-electron chi connectivity index (χ4n) is 3.15. The molecule has 146 valence electrons. The number of aromatic amines is 1. The molecule has 0 saturated heterocycles. The summed E-state index contributed by atoms with van der Waals surface area (Å²) < 4.78 is 3.23. The van der Waals surface area contributed by atoms with Gasteiger partial charge < -0.3 is 9.88 Å². The van der Waals surface area contributed by atoms with Gasteiger partial charge in [0.1, 0.15) is 6.54 Å². The van der Waals surface area contributed by atoms with Gasteiger partial charge in [-0.15, -0.1) is 0 Å². The zero-order valence-corrected chi connectivity index (χ0v) is 15.5. The molecule has 1 amide bonds. The lowest BCUT2D eigenvalue weighted by molar-refractivity contribution is -0.121. The molecule has 2 N–H and O–H groups in total. The van der Waals surface area contributed by atoms with E-state index in [9.17, 15) is 14.4 Å². The van der Waals surface area contributed by atoms with Crippen molar-refractivity contribution in [3.05, 3.63) is 99.1 Å². The number of para-hydroxylation sites is 2. The highest BCUT2D eigenvalue weighted by atomic mass is 16.2. The third-order valence-electron chi connectivity index (χ3n) is 4.57. The van der Waals surface area contributed by atoms with Gasteiger partial charge in [-0.2, -0.15) is 0 Å². The lowest BCUT2D eigenvalue weighted by Crippen LogP contribution is -2.35. The molecular formula is C21H19N5O3. The summed E-state index contributed by atoms with van der Waals surface area (Å²) in [7, 11) is 0. The molecule has 0 bridgehead atoms. The van der Waals surface area contributed by atoms with Gasteiger partial charge in [-0.3, -0.25) is 19.1 Å². The number of hydrogen-bond acceptors (Lipinski definition) is 4. The molecular weight excluding hydrogens is 370 g/mol. The summed E-state index contributed by atoms with van der Waals surface area (Å²) in [5.74, 6) is -0.315. The number of hydrogen-bond donors (Lipinski definition) is 2. The van der Waals surface area contributed by atoms with Crippen molar-refractivity contribution < 1.29 is 4.79 Å². The number of H-pyrrole nitrogens is 1. The van der Waals surface area contributed by atoms with Crippen LogP contribution in [-0.4, -0.2) is 25.0 Å². The van der Waals surface area contributed by atoms with Crippen LogP contribution in [0.5, 0.6) is 0 Å². The number of amides is 1. The molecule has 8 heteroatoms. The predicted molar refractivity (Wildman–Crippen MR) is 108 cm³/mol. The Balaban J connectivity index is 1.40.